The third kappa shape index (κ3) is 6.10. The van der Waals surface area contributed by atoms with Crippen molar-refractivity contribution in [1.29, 1.82) is 0 Å². The van der Waals surface area contributed by atoms with E-state index in [4.69, 9.17) is 9.11 Å². The van der Waals surface area contributed by atoms with Gasteiger partial charge in [-0.1, -0.05) is 6.92 Å². The molecule has 1 aliphatic rings. The van der Waals surface area contributed by atoms with Crippen molar-refractivity contribution in [3.05, 3.63) is 0 Å². The second kappa shape index (κ2) is 5.83. The highest BCUT2D eigenvalue weighted by molar-refractivity contribution is 7.86. The molecule has 0 aromatic rings. The number of hydrogen-bond donors (Lipinski definition) is 2. The van der Waals surface area contributed by atoms with Crippen molar-refractivity contribution in [3.63, 3.8) is 0 Å². The molecule has 18 heavy (non-hydrogen) atoms. The first kappa shape index (κ1) is 15.8. The van der Waals surface area contributed by atoms with Crippen molar-refractivity contribution in [2.75, 3.05) is 31.1 Å². The Labute approximate surface area is 108 Å². The van der Waals surface area contributed by atoms with Crippen LogP contribution >= 0.6 is 0 Å². The van der Waals surface area contributed by atoms with E-state index in [9.17, 15) is 16.8 Å². The first-order chi connectivity index (χ1) is 8.07. The molecule has 1 heterocycles. The minimum absolute atomic E-state index is 0.134. The monoisotopic (exact) mass is 301 g/mol. The quantitative estimate of drug-likeness (QED) is 0.649. The van der Waals surface area contributed by atoms with E-state index >= 15 is 0 Å². The third-order valence-electron chi connectivity index (χ3n) is 3.14. The second-order valence-corrected chi connectivity index (χ2v) is 7.95. The normalized spacial score (nSPS) is 26.6. The molecule has 0 bridgehead atoms. The van der Waals surface area contributed by atoms with Gasteiger partial charge in [-0.15, -0.1) is 0 Å². The van der Waals surface area contributed by atoms with E-state index in [1.807, 2.05) is 11.8 Å². The van der Waals surface area contributed by atoms with Crippen molar-refractivity contribution >= 4 is 20.2 Å². The van der Waals surface area contributed by atoms with Crippen molar-refractivity contribution < 1.29 is 25.9 Å². The summed E-state index contributed by atoms with van der Waals surface area (Å²) in [5.74, 6) is -0.549. The van der Waals surface area contributed by atoms with Gasteiger partial charge in [-0.05, 0) is 24.8 Å². The Balaban J connectivity index is 2.40. The number of nitrogens with zero attached hydrogens (tertiary/aromatic N) is 1. The zero-order chi connectivity index (χ0) is 14.0. The Bertz CT molecular complexity index is 471. The molecule has 2 N–H and O–H groups in total. The summed E-state index contributed by atoms with van der Waals surface area (Å²) in [6.45, 7) is 3.59. The van der Waals surface area contributed by atoms with Gasteiger partial charge < -0.3 is 4.90 Å². The highest BCUT2D eigenvalue weighted by atomic mass is 32.2. The topological polar surface area (TPSA) is 112 Å². The lowest BCUT2D eigenvalue weighted by molar-refractivity contribution is 0.323. The molecule has 7 nitrogen and oxygen atoms in total. The van der Waals surface area contributed by atoms with Gasteiger partial charge in [0.1, 0.15) is 0 Å². The molecule has 1 fully saturated rings. The van der Waals surface area contributed by atoms with E-state index < -0.39 is 20.2 Å². The molecule has 0 amide bonds. The first-order valence-electron chi connectivity index (χ1n) is 5.69. The standard InChI is InChI=1S/C9H19NO6S2/c1-8-5-10(3-2-4-17(11,12)13)6-9(8)7-18(14,15)16/h8-9H,2-7H2,1H3,(H,11,12,13)(H,14,15,16). The number of likely N-dealkylation sites (tertiary alicyclic amines) is 1. The van der Waals surface area contributed by atoms with Crippen molar-refractivity contribution in [3.8, 4) is 0 Å². The predicted octanol–water partition coefficient (Wildman–Crippen LogP) is -0.280. The number of rotatable bonds is 6. The summed E-state index contributed by atoms with van der Waals surface area (Å²) in [6, 6.07) is 0. The molecule has 108 valence electrons. The lowest BCUT2D eigenvalue weighted by Crippen LogP contribution is -2.25. The summed E-state index contributed by atoms with van der Waals surface area (Å²) in [5, 5.41) is 0. The summed E-state index contributed by atoms with van der Waals surface area (Å²) in [5.41, 5.74) is 0. The van der Waals surface area contributed by atoms with Gasteiger partial charge in [-0.2, -0.15) is 16.8 Å². The fourth-order valence-corrected chi connectivity index (χ4v) is 3.75. The summed E-state index contributed by atoms with van der Waals surface area (Å²) < 4.78 is 60.1. The van der Waals surface area contributed by atoms with E-state index in [-0.39, 0.29) is 23.3 Å². The van der Waals surface area contributed by atoms with Crippen LogP contribution in [0.1, 0.15) is 13.3 Å². The van der Waals surface area contributed by atoms with E-state index in [1.165, 1.54) is 0 Å². The van der Waals surface area contributed by atoms with E-state index in [0.717, 1.165) is 0 Å². The molecule has 0 aromatic carbocycles. The SMILES string of the molecule is CC1CN(CCCS(=O)(=O)O)CC1CS(=O)(=O)O. The van der Waals surface area contributed by atoms with Crippen LogP contribution in [0.2, 0.25) is 0 Å². The van der Waals surface area contributed by atoms with Gasteiger partial charge in [-0.3, -0.25) is 9.11 Å². The second-order valence-electron chi connectivity index (χ2n) is 4.89. The van der Waals surface area contributed by atoms with E-state index in [0.29, 0.717) is 26.1 Å². The summed E-state index contributed by atoms with van der Waals surface area (Å²) in [7, 11) is -7.90. The molecule has 9 heteroatoms. The van der Waals surface area contributed by atoms with Crippen LogP contribution in [0.5, 0.6) is 0 Å². The molecule has 1 aliphatic heterocycles. The van der Waals surface area contributed by atoms with Gasteiger partial charge >= 0.3 is 0 Å². The average Bonchev–Trinajstić information content (AvgIpc) is 2.41. The Morgan fingerprint density at radius 3 is 2.22 bits per heavy atom. The molecule has 0 aliphatic carbocycles. The van der Waals surface area contributed by atoms with Gasteiger partial charge in [0.2, 0.25) is 0 Å². The van der Waals surface area contributed by atoms with Crippen LogP contribution in [0.15, 0.2) is 0 Å². The molecule has 0 aromatic heterocycles. The van der Waals surface area contributed by atoms with Crippen molar-refractivity contribution in [1.82, 2.24) is 4.90 Å². The summed E-state index contributed by atoms with van der Waals surface area (Å²) >= 11 is 0. The Hall–Kier alpha value is -0.220. The predicted molar refractivity (Wildman–Crippen MR) is 66.5 cm³/mol. The van der Waals surface area contributed by atoms with Crippen LogP contribution in [-0.2, 0) is 20.2 Å². The third-order valence-corrected chi connectivity index (χ3v) is 4.80. The maximum Gasteiger partial charge on any atom is 0.265 e. The highest BCUT2D eigenvalue weighted by Gasteiger charge is 2.32. The average molecular weight is 301 g/mol. The molecule has 1 saturated heterocycles. The van der Waals surface area contributed by atoms with Crippen LogP contribution in [0, 0.1) is 11.8 Å². The van der Waals surface area contributed by atoms with Crippen LogP contribution in [0.25, 0.3) is 0 Å². The van der Waals surface area contributed by atoms with E-state index in [1.54, 1.807) is 0 Å². The van der Waals surface area contributed by atoms with Crippen LogP contribution in [0.4, 0.5) is 0 Å². The van der Waals surface area contributed by atoms with E-state index in [2.05, 4.69) is 0 Å². The molecule has 1 rings (SSSR count). The minimum Gasteiger partial charge on any atom is -0.303 e. The zero-order valence-corrected chi connectivity index (χ0v) is 11.8. The molecule has 0 saturated carbocycles. The molecular formula is C9H19NO6S2. The Morgan fingerprint density at radius 1 is 1.11 bits per heavy atom. The highest BCUT2D eigenvalue weighted by Crippen LogP contribution is 2.24. The fraction of sp³-hybridized carbons (Fsp3) is 1.00. The van der Waals surface area contributed by atoms with Crippen LogP contribution < -0.4 is 0 Å². The largest absolute Gasteiger partial charge is 0.303 e. The fourth-order valence-electron chi connectivity index (χ4n) is 2.28. The molecule has 0 radical (unpaired) electrons. The van der Waals surface area contributed by atoms with Crippen LogP contribution in [0.3, 0.4) is 0 Å². The molecular weight excluding hydrogens is 282 g/mol. The van der Waals surface area contributed by atoms with Crippen molar-refractivity contribution in [2.24, 2.45) is 11.8 Å². The van der Waals surface area contributed by atoms with Crippen LogP contribution in [-0.4, -0.2) is 62.0 Å². The molecule has 0 spiro atoms. The van der Waals surface area contributed by atoms with Gasteiger partial charge in [0.15, 0.2) is 0 Å². The smallest absolute Gasteiger partial charge is 0.265 e. The maximum atomic E-state index is 10.8. The summed E-state index contributed by atoms with van der Waals surface area (Å²) in [4.78, 5) is 1.95. The Kier molecular flexibility index (Phi) is 5.13. The van der Waals surface area contributed by atoms with Gasteiger partial charge in [0, 0.05) is 13.1 Å². The van der Waals surface area contributed by atoms with Gasteiger partial charge in [0.25, 0.3) is 20.2 Å². The first-order valence-corrected chi connectivity index (χ1v) is 8.91. The van der Waals surface area contributed by atoms with Gasteiger partial charge in [0.05, 0.1) is 11.5 Å². The van der Waals surface area contributed by atoms with Gasteiger partial charge in [-0.25, -0.2) is 0 Å². The summed E-state index contributed by atoms with van der Waals surface area (Å²) in [6.07, 6.45) is 0.310. The zero-order valence-electron chi connectivity index (χ0n) is 10.2. The Morgan fingerprint density at radius 2 is 1.72 bits per heavy atom. The maximum absolute atomic E-state index is 10.8. The molecule has 2 unspecified atom stereocenters. The van der Waals surface area contributed by atoms with Crippen molar-refractivity contribution in [2.45, 2.75) is 13.3 Å². The lowest BCUT2D eigenvalue weighted by atomic mass is 10.0. The molecule has 2 atom stereocenters. The minimum atomic E-state index is -3.97. The number of hydrogen-bond acceptors (Lipinski definition) is 5. The lowest BCUT2D eigenvalue weighted by Gasteiger charge is -2.14.